The van der Waals surface area contributed by atoms with Gasteiger partial charge in [0.2, 0.25) is 0 Å². The Balaban J connectivity index is 0.00000156. The highest BCUT2D eigenvalue weighted by Gasteiger charge is 2.30. The van der Waals surface area contributed by atoms with Crippen LogP contribution in [0, 0.1) is 0 Å². The number of hydrogen-bond acceptors (Lipinski definition) is 6. The zero-order chi connectivity index (χ0) is 15.5. The lowest BCUT2D eigenvalue weighted by Gasteiger charge is -2.33. The van der Waals surface area contributed by atoms with E-state index >= 15 is 0 Å². The number of quaternary nitrogens is 1. The Morgan fingerprint density at radius 2 is 1.87 bits per heavy atom. The number of nitrogens with zero attached hydrogens (tertiary/aromatic N) is 5. The van der Waals surface area contributed by atoms with Crippen molar-refractivity contribution in [3.8, 4) is 0 Å². The van der Waals surface area contributed by atoms with Gasteiger partial charge in [-0.2, -0.15) is 0 Å². The van der Waals surface area contributed by atoms with Gasteiger partial charge in [-0.3, -0.25) is 0 Å². The molecule has 0 aliphatic carbocycles. The van der Waals surface area contributed by atoms with Crippen molar-refractivity contribution in [3.63, 3.8) is 0 Å². The van der Waals surface area contributed by atoms with Gasteiger partial charge < -0.3 is 28.5 Å². The summed E-state index contributed by atoms with van der Waals surface area (Å²) in [5, 5.41) is 12.0. The monoisotopic (exact) mass is 479 g/mol. The van der Waals surface area contributed by atoms with Crippen molar-refractivity contribution in [1.82, 2.24) is 19.6 Å². The minimum atomic E-state index is 0. The van der Waals surface area contributed by atoms with E-state index < -0.39 is 0 Å². The summed E-state index contributed by atoms with van der Waals surface area (Å²) in [5.74, 6) is 0. The Morgan fingerprint density at radius 3 is 2.57 bits per heavy atom. The minimum absolute atomic E-state index is 0. The second-order valence-corrected chi connectivity index (χ2v) is 8.83. The number of likely N-dealkylation sites (N-methyl/N-ethyl adjacent to an activating group) is 1. The molecule has 1 aliphatic rings. The fraction of sp³-hybridized carbons (Fsp3) is 0.500. The first-order valence-electron chi connectivity index (χ1n) is 7.13. The molecule has 0 atom stereocenters. The molecule has 0 amide bonds. The Morgan fingerprint density at radius 1 is 1.13 bits per heavy atom. The van der Waals surface area contributed by atoms with Crippen molar-refractivity contribution >= 4 is 50.7 Å². The molecule has 0 saturated carbocycles. The van der Waals surface area contributed by atoms with Crippen LogP contribution in [0.1, 0.15) is 10.4 Å². The third-order valence-electron chi connectivity index (χ3n) is 4.22. The first kappa shape index (κ1) is 17.7. The summed E-state index contributed by atoms with van der Waals surface area (Å²) in [7, 11) is 4.60. The van der Waals surface area contributed by atoms with Crippen LogP contribution in [0.2, 0.25) is 0 Å². The normalized spacial score (nSPS) is 16.5. The van der Waals surface area contributed by atoms with Crippen LogP contribution < -0.4 is 24.0 Å². The summed E-state index contributed by atoms with van der Waals surface area (Å²) in [6, 6.07) is 0. The molecule has 0 unspecified atom stereocenters. The van der Waals surface area contributed by atoms with Crippen molar-refractivity contribution in [3.05, 3.63) is 10.4 Å². The van der Waals surface area contributed by atoms with Gasteiger partial charge in [-0.25, -0.2) is 9.38 Å². The average Bonchev–Trinajstić information content (AvgIpc) is 3.04. The van der Waals surface area contributed by atoms with Gasteiger partial charge in [0.1, 0.15) is 11.4 Å². The SMILES string of the molecule is CSc1nnc2c3c4c(sc3nc(SC)n12)C[N+](C)(C)CC4.[I-]. The second kappa shape index (κ2) is 6.32. The van der Waals surface area contributed by atoms with Gasteiger partial charge >= 0.3 is 0 Å². The Bertz CT molecular complexity index is 886. The smallest absolute Gasteiger partial charge is 0.197 e. The maximum atomic E-state index is 4.90. The summed E-state index contributed by atoms with van der Waals surface area (Å²) in [5.41, 5.74) is 2.42. The van der Waals surface area contributed by atoms with Gasteiger partial charge in [0.05, 0.1) is 30.9 Å². The third-order valence-corrected chi connectivity index (χ3v) is 6.60. The highest BCUT2D eigenvalue weighted by atomic mass is 127. The van der Waals surface area contributed by atoms with E-state index in [4.69, 9.17) is 4.98 Å². The number of thiophene rings is 1. The fourth-order valence-electron chi connectivity index (χ4n) is 3.09. The molecule has 124 valence electrons. The van der Waals surface area contributed by atoms with E-state index in [1.807, 2.05) is 17.6 Å². The summed E-state index contributed by atoms with van der Waals surface area (Å²) < 4.78 is 3.16. The molecule has 1 aliphatic heterocycles. The first-order valence-corrected chi connectivity index (χ1v) is 10.4. The lowest BCUT2D eigenvalue weighted by atomic mass is 10.0. The number of hydrogen-bond donors (Lipinski definition) is 0. The van der Waals surface area contributed by atoms with E-state index in [0.29, 0.717) is 0 Å². The van der Waals surface area contributed by atoms with Crippen LogP contribution in [0.15, 0.2) is 10.3 Å². The van der Waals surface area contributed by atoms with E-state index in [2.05, 4.69) is 34.9 Å². The largest absolute Gasteiger partial charge is 1.00 e. The predicted octanol–water partition coefficient (Wildman–Crippen LogP) is -0.0807. The van der Waals surface area contributed by atoms with Gasteiger partial charge in [0, 0.05) is 6.42 Å². The van der Waals surface area contributed by atoms with Crippen LogP contribution >= 0.6 is 34.9 Å². The predicted molar refractivity (Wildman–Crippen MR) is 94.1 cm³/mol. The Labute approximate surface area is 164 Å². The van der Waals surface area contributed by atoms with Crippen LogP contribution in [0.25, 0.3) is 15.9 Å². The molecule has 0 aromatic carbocycles. The maximum absolute atomic E-state index is 4.90. The Kier molecular flexibility index (Phi) is 4.87. The van der Waals surface area contributed by atoms with Crippen LogP contribution in [0.5, 0.6) is 0 Å². The number of fused-ring (bicyclic) bond motifs is 5. The highest BCUT2D eigenvalue weighted by Crippen LogP contribution is 2.39. The highest BCUT2D eigenvalue weighted by molar-refractivity contribution is 7.99. The van der Waals surface area contributed by atoms with Crippen molar-refractivity contribution in [2.24, 2.45) is 0 Å². The molecule has 0 fully saturated rings. The van der Waals surface area contributed by atoms with Gasteiger partial charge in [0.15, 0.2) is 16.0 Å². The van der Waals surface area contributed by atoms with Crippen LogP contribution in [0.4, 0.5) is 0 Å². The first-order chi connectivity index (χ1) is 10.5. The molecule has 0 radical (unpaired) electrons. The topological polar surface area (TPSA) is 43.1 Å². The molecule has 0 saturated heterocycles. The van der Waals surface area contributed by atoms with Gasteiger partial charge in [0.25, 0.3) is 0 Å². The summed E-state index contributed by atoms with van der Waals surface area (Å²) in [4.78, 5) is 7.48. The van der Waals surface area contributed by atoms with Gasteiger partial charge in [-0.05, 0) is 18.1 Å². The zero-order valence-electron chi connectivity index (χ0n) is 13.5. The van der Waals surface area contributed by atoms with Crippen molar-refractivity contribution in [2.75, 3.05) is 33.2 Å². The van der Waals surface area contributed by atoms with Crippen LogP contribution in [-0.2, 0) is 13.0 Å². The average molecular weight is 479 g/mol. The molecular weight excluding hydrogens is 461 g/mol. The molecule has 0 bridgehead atoms. The van der Waals surface area contributed by atoms with Crippen LogP contribution in [-0.4, -0.2) is 57.2 Å². The van der Waals surface area contributed by atoms with Gasteiger partial charge in [-0.15, -0.1) is 21.5 Å². The molecule has 9 heteroatoms. The summed E-state index contributed by atoms with van der Waals surface area (Å²) in [6.45, 7) is 2.25. The van der Waals surface area contributed by atoms with Crippen molar-refractivity contribution < 1.29 is 28.5 Å². The number of thioether (sulfide) groups is 2. The molecule has 0 spiro atoms. The van der Waals surface area contributed by atoms with Gasteiger partial charge in [-0.1, -0.05) is 23.5 Å². The minimum Gasteiger partial charge on any atom is -1.00 e. The molecule has 3 aromatic heterocycles. The van der Waals surface area contributed by atoms with Crippen molar-refractivity contribution in [1.29, 1.82) is 0 Å². The Hall–Kier alpha value is -0.100. The standard InChI is InChI=1S/C14H18N5S3.HI/c1-19(2)6-5-8-9(7-19)22-12-10(8)11-16-17-14(21-4)18(11)13(15-12)20-3;/h5-7H2,1-4H3;1H/q+1;/p-1. The summed E-state index contributed by atoms with van der Waals surface area (Å²) in [6.07, 6.45) is 5.19. The molecule has 5 nitrogen and oxygen atoms in total. The molecule has 4 heterocycles. The molecule has 4 rings (SSSR count). The number of halogens is 1. The van der Waals surface area contributed by atoms with E-state index in [1.165, 1.54) is 22.4 Å². The second-order valence-electron chi connectivity index (χ2n) is 6.20. The lowest BCUT2D eigenvalue weighted by molar-refractivity contribution is -0.905. The zero-order valence-corrected chi connectivity index (χ0v) is 18.1. The molecular formula is C14H18IN5S3. The number of rotatable bonds is 2. The third kappa shape index (κ3) is 2.78. The van der Waals surface area contributed by atoms with E-state index in [1.54, 1.807) is 23.5 Å². The fourth-order valence-corrected chi connectivity index (χ4v) is 5.65. The molecule has 23 heavy (non-hydrogen) atoms. The van der Waals surface area contributed by atoms with E-state index in [9.17, 15) is 0 Å². The lowest BCUT2D eigenvalue weighted by Crippen LogP contribution is -3.00. The molecule has 0 N–H and O–H groups in total. The van der Waals surface area contributed by atoms with E-state index in [-0.39, 0.29) is 24.0 Å². The summed E-state index contributed by atoms with van der Waals surface area (Å²) >= 11 is 5.11. The van der Waals surface area contributed by atoms with E-state index in [0.717, 1.165) is 38.2 Å². The van der Waals surface area contributed by atoms with Crippen molar-refractivity contribution in [2.45, 2.75) is 23.3 Å². The molecule has 3 aromatic rings. The number of aromatic nitrogens is 4. The van der Waals surface area contributed by atoms with Crippen LogP contribution in [0.3, 0.4) is 0 Å². The maximum Gasteiger partial charge on any atom is 0.197 e. The quantitative estimate of drug-likeness (QED) is 0.223.